The number of thiophene rings is 1. The molecule has 0 radical (unpaired) electrons. The zero-order chi connectivity index (χ0) is 20.4. The summed E-state index contributed by atoms with van der Waals surface area (Å²) < 4.78 is 27.5. The molecule has 0 spiro atoms. The van der Waals surface area contributed by atoms with Crippen molar-refractivity contribution in [1.82, 2.24) is 14.2 Å². The number of aromatic nitrogens is 3. The van der Waals surface area contributed by atoms with Gasteiger partial charge in [-0.3, -0.25) is 0 Å². The van der Waals surface area contributed by atoms with Crippen LogP contribution in [0, 0.1) is 13.8 Å². The van der Waals surface area contributed by atoms with Crippen LogP contribution < -0.4 is 5.32 Å². The predicted octanol–water partition coefficient (Wildman–Crippen LogP) is 4.47. The average Bonchev–Trinajstić information content (AvgIpc) is 3.37. The summed E-state index contributed by atoms with van der Waals surface area (Å²) in [6, 6.07) is 18.3. The molecular formula is C21H20N4O2S2. The third kappa shape index (κ3) is 4.08. The molecule has 8 heteroatoms. The largest absolute Gasteiger partial charge is 0.349 e. The molecule has 0 saturated heterocycles. The Morgan fingerprint density at radius 1 is 0.966 bits per heavy atom. The van der Waals surface area contributed by atoms with Crippen molar-refractivity contribution in [3.05, 3.63) is 82.0 Å². The third-order valence-corrected chi connectivity index (χ3v) is 6.89. The Morgan fingerprint density at radius 3 is 2.24 bits per heavy atom. The number of rotatable bonds is 6. The first-order chi connectivity index (χ1) is 13.9. The molecule has 2 aromatic carbocycles. The number of nitrogens with zero attached hydrogens (tertiary/aromatic N) is 3. The van der Waals surface area contributed by atoms with E-state index in [-0.39, 0.29) is 10.8 Å². The minimum absolute atomic E-state index is 0.169. The summed E-state index contributed by atoms with van der Waals surface area (Å²) >= 11 is 1.59. The monoisotopic (exact) mass is 424 g/mol. The van der Waals surface area contributed by atoms with E-state index < -0.39 is 10.0 Å². The Bertz CT molecular complexity index is 1210. The molecule has 0 aliphatic heterocycles. The maximum Gasteiger partial charge on any atom is 0.286 e. The van der Waals surface area contributed by atoms with E-state index in [1.54, 1.807) is 35.6 Å². The van der Waals surface area contributed by atoms with Gasteiger partial charge in [0.25, 0.3) is 10.0 Å². The Labute approximate surface area is 173 Å². The highest BCUT2D eigenvalue weighted by Crippen LogP contribution is 2.24. The number of anilines is 1. The quantitative estimate of drug-likeness (QED) is 0.494. The second-order valence-electron chi connectivity index (χ2n) is 6.72. The minimum Gasteiger partial charge on any atom is -0.349 e. The maximum absolute atomic E-state index is 13.2. The van der Waals surface area contributed by atoms with Crippen molar-refractivity contribution in [1.29, 1.82) is 0 Å². The molecule has 0 aliphatic rings. The molecule has 4 aromatic rings. The molecule has 148 valence electrons. The fourth-order valence-corrected chi connectivity index (χ4v) is 4.63. The van der Waals surface area contributed by atoms with Gasteiger partial charge in [0.2, 0.25) is 5.95 Å². The lowest BCUT2D eigenvalue weighted by molar-refractivity contribution is 0.580. The van der Waals surface area contributed by atoms with E-state index >= 15 is 0 Å². The molecule has 1 N–H and O–H groups in total. The van der Waals surface area contributed by atoms with E-state index in [2.05, 4.69) is 15.4 Å². The van der Waals surface area contributed by atoms with Crippen molar-refractivity contribution in [2.75, 3.05) is 5.32 Å². The first-order valence-corrected chi connectivity index (χ1v) is 11.4. The van der Waals surface area contributed by atoms with Gasteiger partial charge in [-0.15, -0.1) is 20.5 Å². The van der Waals surface area contributed by atoms with Gasteiger partial charge in [0.1, 0.15) is 0 Å². The van der Waals surface area contributed by atoms with Crippen LogP contribution in [0.1, 0.15) is 16.0 Å². The van der Waals surface area contributed by atoms with Gasteiger partial charge < -0.3 is 5.32 Å². The summed E-state index contributed by atoms with van der Waals surface area (Å²) in [4.78, 5) is 5.73. The van der Waals surface area contributed by atoms with Gasteiger partial charge in [-0.1, -0.05) is 53.6 Å². The number of aryl methyl sites for hydroxylation is 2. The number of hydrogen-bond acceptors (Lipinski definition) is 6. The van der Waals surface area contributed by atoms with Crippen molar-refractivity contribution >= 4 is 27.3 Å². The van der Waals surface area contributed by atoms with Crippen molar-refractivity contribution in [2.45, 2.75) is 25.3 Å². The topological polar surface area (TPSA) is 76.9 Å². The van der Waals surface area contributed by atoms with Crippen LogP contribution in [-0.4, -0.2) is 22.6 Å². The van der Waals surface area contributed by atoms with Crippen molar-refractivity contribution < 1.29 is 8.42 Å². The van der Waals surface area contributed by atoms with Gasteiger partial charge in [0.15, 0.2) is 5.82 Å². The average molecular weight is 425 g/mol. The van der Waals surface area contributed by atoms with Crippen LogP contribution in [0.25, 0.3) is 11.4 Å². The SMILES string of the molecule is Cc1ccc(-c2nc(NCc3cccs3)n(S(=O)(=O)c3ccc(C)cc3)n2)cc1. The molecule has 29 heavy (non-hydrogen) atoms. The van der Waals surface area contributed by atoms with Gasteiger partial charge in [0, 0.05) is 10.4 Å². The molecule has 0 bridgehead atoms. The second-order valence-corrected chi connectivity index (χ2v) is 9.52. The summed E-state index contributed by atoms with van der Waals surface area (Å²) in [5.74, 6) is 0.545. The van der Waals surface area contributed by atoms with Crippen molar-refractivity contribution in [3.63, 3.8) is 0 Å². The number of nitrogens with one attached hydrogen (secondary N) is 1. The highest BCUT2D eigenvalue weighted by Gasteiger charge is 2.24. The summed E-state index contributed by atoms with van der Waals surface area (Å²) in [5.41, 5.74) is 2.85. The first-order valence-electron chi connectivity index (χ1n) is 9.06. The molecule has 0 fully saturated rings. The molecule has 2 aromatic heterocycles. The smallest absolute Gasteiger partial charge is 0.286 e. The van der Waals surface area contributed by atoms with Gasteiger partial charge >= 0.3 is 0 Å². The van der Waals surface area contributed by atoms with Crippen LogP contribution in [0.2, 0.25) is 0 Å². The van der Waals surface area contributed by atoms with E-state index in [9.17, 15) is 8.42 Å². The zero-order valence-corrected chi connectivity index (χ0v) is 17.7. The lowest BCUT2D eigenvalue weighted by Gasteiger charge is -2.08. The summed E-state index contributed by atoms with van der Waals surface area (Å²) in [6.07, 6.45) is 0. The summed E-state index contributed by atoms with van der Waals surface area (Å²) in [5, 5.41) is 9.44. The molecule has 0 atom stereocenters. The van der Waals surface area contributed by atoms with Gasteiger partial charge in [-0.05, 0) is 37.4 Å². The predicted molar refractivity (Wildman–Crippen MR) is 116 cm³/mol. The van der Waals surface area contributed by atoms with Gasteiger partial charge in [-0.2, -0.15) is 13.4 Å². The summed E-state index contributed by atoms with van der Waals surface area (Å²) in [6.45, 7) is 4.37. The van der Waals surface area contributed by atoms with Gasteiger partial charge in [0.05, 0.1) is 11.4 Å². The second kappa shape index (κ2) is 7.81. The molecule has 0 aliphatic carbocycles. The highest BCUT2D eigenvalue weighted by atomic mass is 32.2. The lowest BCUT2D eigenvalue weighted by atomic mass is 10.1. The van der Waals surface area contributed by atoms with Crippen LogP contribution in [0.3, 0.4) is 0 Å². The summed E-state index contributed by atoms with van der Waals surface area (Å²) in [7, 11) is -3.89. The molecule has 0 amide bonds. The molecule has 4 rings (SSSR count). The minimum atomic E-state index is -3.89. The van der Waals surface area contributed by atoms with Crippen LogP contribution in [-0.2, 0) is 16.6 Å². The fourth-order valence-electron chi connectivity index (χ4n) is 2.79. The van der Waals surface area contributed by atoms with E-state index in [0.717, 1.165) is 25.7 Å². The molecule has 6 nitrogen and oxygen atoms in total. The Balaban J connectivity index is 1.77. The van der Waals surface area contributed by atoms with Crippen molar-refractivity contribution in [3.8, 4) is 11.4 Å². The molecule has 0 unspecified atom stereocenters. The van der Waals surface area contributed by atoms with Crippen LogP contribution >= 0.6 is 11.3 Å². The van der Waals surface area contributed by atoms with Crippen LogP contribution in [0.15, 0.2) is 70.9 Å². The zero-order valence-electron chi connectivity index (χ0n) is 16.0. The Hall–Kier alpha value is -2.97. The van der Waals surface area contributed by atoms with E-state index in [4.69, 9.17) is 0 Å². The highest BCUT2D eigenvalue weighted by molar-refractivity contribution is 7.90. The number of benzene rings is 2. The maximum atomic E-state index is 13.2. The standard InChI is InChI=1S/C21H20N4O2S2/c1-15-5-9-17(10-6-15)20-23-21(22-14-18-4-3-13-28-18)25(24-20)29(26,27)19-11-7-16(2)8-12-19/h3-13H,14H2,1-2H3,(H,22,23,24). The Kier molecular flexibility index (Phi) is 5.21. The number of hydrogen-bond donors (Lipinski definition) is 1. The molecular weight excluding hydrogens is 404 g/mol. The Morgan fingerprint density at radius 2 is 1.62 bits per heavy atom. The molecule has 0 saturated carbocycles. The van der Waals surface area contributed by atoms with E-state index in [0.29, 0.717) is 12.4 Å². The van der Waals surface area contributed by atoms with Gasteiger partial charge in [-0.25, -0.2) is 0 Å². The van der Waals surface area contributed by atoms with Crippen LogP contribution in [0.4, 0.5) is 5.95 Å². The normalized spacial score (nSPS) is 11.5. The van der Waals surface area contributed by atoms with E-state index in [1.165, 1.54) is 0 Å². The van der Waals surface area contributed by atoms with Crippen LogP contribution in [0.5, 0.6) is 0 Å². The first kappa shape index (κ1) is 19.4. The van der Waals surface area contributed by atoms with E-state index in [1.807, 2.05) is 55.6 Å². The lowest BCUT2D eigenvalue weighted by Crippen LogP contribution is -2.18. The molecule has 2 heterocycles. The van der Waals surface area contributed by atoms with Crippen molar-refractivity contribution in [2.24, 2.45) is 0 Å². The fraction of sp³-hybridized carbons (Fsp3) is 0.143. The third-order valence-electron chi connectivity index (χ3n) is 4.44.